The summed E-state index contributed by atoms with van der Waals surface area (Å²) in [6.07, 6.45) is 13.3. The van der Waals surface area contributed by atoms with Gasteiger partial charge in [0.2, 0.25) is 0 Å². The molecule has 0 aliphatic heterocycles. The predicted molar refractivity (Wildman–Crippen MR) is 136 cm³/mol. The first-order valence-corrected chi connectivity index (χ1v) is 13.3. The number of nitrogens with zero attached hydrogens (tertiary/aromatic N) is 2. The van der Waals surface area contributed by atoms with Gasteiger partial charge in [-0.15, -0.1) is 0 Å². The monoisotopic (exact) mass is 444 g/mol. The van der Waals surface area contributed by atoms with E-state index in [1.165, 1.54) is 0 Å². The molecule has 0 bridgehead atoms. The SMILES string of the molecule is CCCCCN(CCCCC)C(=O)c1cccc(C(=O)N(CCCCC)CCCCC)c1. The molecule has 0 atom stereocenters. The molecule has 0 aromatic heterocycles. The maximum absolute atomic E-state index is 13.3. The molecule has 0 unspecified atom stereocenters. The molecule has 32 heavy (non-hydrogen) atoms. The second-order valence-electron chi connectivity index (χ2n) is 8.99. The van der Waals surface area contributed by atoms with Crippen molar-refractivity contribution in [1.82, 2.24) is 9.80 Å². The van der Waals surface area contributed by atoms with Gasteiger partial charge < -0.3 is 9.80 Å². The Morgan fingerprint density at radius 2 is 0.875 bits per heavy atom. The summed E-state index contributed by atoms with van der Waals surface area (Å²) >= 11 is 0. The average molecular weight is 445 g/mol. The Bertz CT molecular complexity index is 573. The van der Waals surface area contributed by atoms with Crippen molar-refractivity contribution in [1.29, 1.82) is 0 Å². The van der Waals surface area contributed by atoms with Crippen LogP contribution in [0.2, 0.25) is 0 Å². The molecule has 2 amide bonds. The van der Waals surface area contributed by atoms with E-state index in [2.05, 4.69) is 27.7 Å². The smallest absolute Gasteiger partial charge is 0.253 e. The lowest BCUT2D eigenvalue weighted by atomic mass is 10.1. The first-order chi connectivity index (χ1) is 15.6. The minimum atomic E-state index is 0.0652. The van der Waals surface area contributed by atoms with E-state index >= 15 is 0 Å². The van der Waals surface area contributed by atoms with Gasteiger partial charge in [-0.3, -0.25) is 9.59 Å². The first-order valence-electron chi connectivity index (χ1n) is 13.3. The van der Waals surface area contributed by atoms with Crippen molar-refractivity contribution >= 4 is 11.8 Å². The Morgan fingerprint density at radius 1 is 0.562 bits per heavy atom. The van der Waals surface area contributed by atoms with E-state index in [-0.39, 0.29) is 11.8 Å². The Hall–Kier alpha value is -1.84. The van der Waals surface area contributed by atoms with Crippen molar-refractivity contribution in [2.45, 2.75) is 105 Å². The van der Waals surface area contributed by atoms with E-state index in [1.54, 1.807) is 0 Å². The molecule has 0 saturated heterocycles. The van der Waals surface area contributed by atoms with Crippen LogP contribution in [0, 0.1) is 0 Å². The lowest BCUT2D eigenvalue weighted by Crippen LogP contribution is -2.34. The van der Waals surface area contributed by atoms with E-state index in [0.717, 1.165) is 103 Å². The second kappa shape index (κ2) is 17.7. The number of unbranched alkanes of at least 4 members (excludes halogenated alkanes) is 8. The number of benzene rings is 1. The minimum absolute atomic E-state index is 0.0652. The number of carbonyl (C=O) groups excluding carboxylic acids is 2. The lowest BCUT2D eigenvalue weighted by molar-refractivity contribution is 0.0748. The molecule has 1 rings (SSSR count). The van der Waals surface area contributed by atoms with Gasteiger partial charge in [-0.25, -0.2) is 0 Å². The second-order valence-corrected chi connectivity index (χ2v) is 8.99. The Morgan fingerprint density at radius 3 is 1.16 bits per heavy atom. The number of hydrogen-bond donors (Lipinski definition) is 0. The van der Waals surface area contributed by atoms with Gasteiger partial charge >= 0.3 is 0 Å². The van der Waals surface area contributed by atoms with Crippen LogP contribution in [-0.2, 0) is 0 Å². The van der Waals surface area contributed by atoms with Gasteiger partial charge in [0.15, 0.2) is 0 Å². The molecule has 1 aromatic rings. The maximum Gasteiger partial charge on any atom is 0.253 e. The van der Waals surface area contributed by atoms with Crippen LogP contribution in [0.15, 0.2) is 24.3 Å². The van der Waals surface area contributed by atoms with Crippen LogP contribution in [0.3, 0.4) is 0 Å². The summed E-state index contributed by atoms with van der Waals surface area (Å²) in [6, 6.07) is 7.42. The molecule has 0 fully saturated rings. The highest BCUT2D eigenvalue weighted by atomic mass is 16.2. The van der Waals surface area contributed by atoms with E-state index in [9.17, 15) is 9.59 Å². The van der Waals surface area contributed by atoms with E-state index < -0.39 is 0 Å². The fourth-order valence-corrected chi connectivity index (χ4v) is 3.99. The van der Waals surface area contributed by atoms with Gasteiger partial charge in [0.05, 0.1) is 0 Å². The van der Waals surface area contributed by atoms with Crippen molar-refractivity contribution in [3.05, 3.63) is 35.4 Å². The van der Waals surface area contributed by atoms with Crippen molar-refractivity contribution < 1.29 is 9.59 Å². The van der Waals surface area contributed by atoms with Crippen molar-refractivity contribution in [2.24, 2.45) is 0 Å². The number of hydrogen-bond acceptors (Lipinski definition) is 2. The Balaban J connectivity index is 2.94. The van der Waals surface area contributed by atoms with Crippen molar-refractivity contribution in [2.75, 3.05) is 26.2 Å². The Labute approximate surface area is 197 Å². The fraction of sp³-hybridized carbons (Fsp3) is 0.714. The number of amides is 2. The van der Waals surface area contributed by atoms with Crippen LogP contribution < -0.4 is 0 Å². The number of carbonyl (C=O) groups is 2. The van der Waals surface area contributed by atoms with Crippen LogP contribution in [0.1, 0.15) is 125 Å². The number of rotatable bonds is 18. The normalized spacial score (nSPS) is 10.9. The van der Waals surface area contributed by atoms with E-state index in [0.29, 0.717) is 11.1 Å². The summed E-state index contributed by atoms with van der Waals surface area (Å²) in [5, 5.41) is 0. The maximum atomic E-state index is 13.3. The zero-order valence-electron chi connectivity index (χ0n) is 21.3. The zero-order valence-corrected chi connectivity index (χ0v) is 21.3. The lowest BCUT2D eigenvalue weighted by Gasteiger charge is -2.24. The fourth-order valence-electron chi connectivity index (χ4n) is 3.99. The highest BCUT2D eigenvalue weighted by Gasteiger charge is 2.19. The Kier molecular flexibility index (Phi) is 15.6. The molecule has 0 heterocycles. The molecule has 1 aromatic carbocycles. The predicted octanol–water partition coefficient (Wildman–Crippen LogP) is 7.33. The molecule has 0 spiro atoms. The molecule has 182 valence electrons. The van der Waals surface area contributed by atoms with Crippen LogP contribution in [0.5, 0.6) is 0 Å². The minimum Gasteiger partial charge on any atom is -0.339 e. The third-order valence-electron chi connectivity index (χ3n) is 6.06. The van der Waals surface area contributed by atoms with Crippen LogP contribution in [0.4, 0.5) is 0 Å². The molecule has 4 nitrogen and oxygen atoms in total. The highest BCUT2D eigenvalue weighted by Crippen LogP contribution is 2.15. The summed E-state index contributed by atoms with van der Waals surface area (Å²) < 4.78 is 0. The summed E-state index contributed by atoms with van der Waals surface area (Å²) in [6.45, 7) is 11.9. The molecule has 4 heteroatoms. The van der Waals surface area contributed by atoms with Crippen molar-refractivity contribution in [3.8, 4) is 0 Å². The van der Waals surface area contributed by atoms with Gasteiger partial charge in [0, 0.05) is 37.3 Å². The molecule has 0 aliphatic carbocycles. The van der Waals surface area contributed by atoms with Crippen molar-refractivity contribution in [3.63, 3.8) is 0 Å². The van der Waals surface area contributed by atoms with Gasteiger partial charge in [0.1, 0.15) is 0 Å². The van der Waals surface area contributed by atoms with Gasteiger partial charge in [0.25, 0.3) is 11.8 Å². The quantitative estimate of drug-likeness (QED) is 0.222. The van der Waals surface area contributed by atoms with Gasteiger partial charge in [-0.1, -0.05) is 85.1 Å². The van der Waals surface area contributed by atoms with E-state index in [1.807, 2.05) is 34.1 Å². The molecule has 0 N–H and O–H groups in total. The average Bonchev–Trinajstić information content (AvgIpc) is 2.81. The molecule has 0 saturated carbocycles. The van der Waals surface area contributed by atoms with Crippen LogP contribution in [-0.4, -0.2) is 47.8 Å². The van der Waals surface area contributed by atoms with Crippen LogP contribution in [0.25, 0.3) is 0 Å². The standard InChI is InChI=1S/C28H48N2O2/c1-5-9-13-20-29(21-14-10-6-2)27(31)25-18-17-19-26(24-25)28(32)30(22-15-11-7-3)23-16-12-8-4/h17-19,24H,5-16,20-23H2,1-4H3. The summed E-state index contributed by atoms with van der Waals surface area (Å²) in [5.74, 6) is 0.130. The zero-order chi connectivity index (χ0) is 23.6. The third kappa shape index (κ3) is 10.7. The van der Waals surface area contributed by atoms with Gasteiger partial charge in [-0.05, 0) is 43.9 Å². The van der Waals surface area contributed by atoms with E-state index in [4.69, 9.17) is 0 Å². The summed E-state index contributed by atoms with van der Waals surface area (Å²) in [4.78, 5) is 30.6. The topological polar surface area (TPSA) is 40.6 Å². The molecule has 0 radical (unpaired) electrons. The third-order valence-corrected chi connectivity index (χ3v) is 6.06. The molecule has 0 aliphatic rings. The molecular formula is C28H48N2O2. The summed E-state index contributed by atoms with van der Waals surface area (Å²) in [5.41, 5.74) is 1.29. The van der Waals surface area contributed by atoms with Gasteiger partial charge in [-0.2, -0.15) is 0 Å². The first kappa shape index (κ1) is 28.2. The highest BCUT2D eigenvalue weighted by molar-refractivity contribution is 5.99. The largest absolute Gasteiger partial charge is 0.339 e. The van der Waals surface area contributed by atoms with Crippen LogP contribution >= 0.6 is 0 Å². The molecular weight excluding hydrogens is 396 g/mol. The summed E-state index contributed by atoms with van der Waals surface area (Å²) in [7, 11) is 0.